The normalized spacial score (nSPS) is 16.6. The number of carbonyl (C=O) groups is 1. The Morgan fingerprint density at radius 2 is 2.16 bits per heavy atom. The van der Waals surface area contributed by atoms with Crippen LogP contribution in [0.3, 0.4) is 0 Å². The molecule has 1 aromatic rings. The molecule has 2 N–H and O–H groups in total. The summed E-state index contributed by atoms with van der Waals surface area (Å²) >= 11 is 0. The van der Waals surface area contributed by atoms with Crippen molar-refractivity contribution in [1.82, 2.24) is 5.32 Å². The molecule has 104 valence electrons. The van der Waals surface area contributed by atoms with Crippen molar-refractivity contribution in [3.05, 3.63) is 29.3 Å². The van der Waals surface area contributed by atoms with Crippen LogP contribution in [-0.2, 0) is 4.79 Å². The average molecular weight is 263 g/mol. The van der Waals surface area contributed by atoms with Gasteiger partial charge in [0.2, 0.25) is 0 Å². The van der Waals surface area contributed by atoms with Crippen LogP contribution in [0.4, 0.5) is 0 Å². The van der Waals surface area contributed by atoms with Gasteiger partial charge in [0.15, 0.2) is 6.61 Å². The van der Waals surface area contributed by atoms with Crippen molar-refractivity contribution < 1.29 is 14.6 Å². The number of aliphatic hydroxyl groups is 1. The second-order valence-corrected chi connectivity index (χ2v) is 5.33. The Kier molecular flexibility index (Phi) is 4.10. The molecule has 1 aromatic carbocycles. The van der Waals surface area contributed by atoms with Crippen molar-refractivity contribution >= 4 is 5.91 Å². The zero-order valence-electron chi connectivity index (χ0n) is 11.5. The van der Waals surface area contributed by atoms with E-state index < -0.39 is 5.54 Å². The highest BCUT2D eigenvalue weighted by Gasteiger charge is 2.37. The van der Waals surface area contributed by atoms with Gasteiger partial charge in [-0.1, -0.05) is 12.1 Å². The van der Waals surface area contributed by atoms with E-state index >= 15 is 0 Å². The van der Waals surface area contributed by atoms with Gasteiger partial charge in [-0.25, -0.2) is 0 Å². The lowest BCUT2D eigenvalue weighted by molar-refractivity contribution is -0.127. The largest absolute Gasteiger partial charge is 0.483 e. The van der Waals surface area contributed by atoms with E-state index in [1.54, 1.807) is 0 Å². The first kappa shape index (κ1) is 13.9. The first-order valence-corrected chi connectivity index (χ1v) is 6.67. The van der Waals surface area contributed by atoms with Gasteiger partial charge < -0.3 is 15.2 Å². The molecule has 0 aliphatic heterocycles. The van der Waals surface area contributed by atoms with Crippen LogP contribution in [0.15, 0.2) is 18.2 Å². The van der Waals surface area contributed by atoms with Gasteiger partial charge in [0, 0.05) is 0 Å². The smallest absolute Gasteiger partial charge is 0.258 e. The third-order valence-corrected chi connectivity index (χ3v) is 3.93. The van der Waals surface area contributed by atoms with E-state index in [1.807, 2.05) is 32.0 Å². The lowest BCUT2D eigenvalue weighted by atomic mass is 9.77. The minimum Gasteiger partial charge on any atom is -0.483 e. The molecule has 0 spiro atoms. The molecule has 0 radical (unpaired) electrons. The fourth-order valence-corrected chi connectivity index (χ4v) is 2.28. The van der Waals surface area contributed by atoms with E-state index in [0.717, 1.165) is 36.1 Å². The number of amides is 1. The number of rotatable bonds is 5. The van der Waals surface area contributed by atoms with E-state index in [2.05, 4.69) is 5.32 Å². The second-order valence-electron chi connectivity index (χ2n) is 5.33. The van der Waals surface area contributed by atoms with Crippen LogP contribution in [0, 0.1) is 13.8 Å². The lowest BCUT2D eigenvalue weighted by Crippen LogP contribution is -2.57. The maximum absolute atomic E-state index is 11.8. The van der Waals surface area contributed by atoms with Gasteiger partial charge in [0.05, 0.1) is 12.1 Å². The lowest BCUT2D eigenvalue weighted by Gasteiger charge is -2.40. The third-order valence-electron chi connectivity index (χ3n) is 3.93. The predicted molar refractivity (Wildman–Crippen MR) is 73.2 cm³/mol. The Morgan fingerprint density at radius 3 is 2.74 bits per heavy atom. The van der Waals surface area contributed by atoms with Crippen molar-refractivity contribution in [3.63, 3.8) is 0 Å². The van der Waals surface area contributed by atoms with E-state index in [4.69, 9.17) is 4.74 Å². The maximum Gasteiger partial charge on any atom is 0.258 e. The van der Waals surface area contributed by atoms with E-state index in [0.29, 0.717) is 0 Å². The van der Waals surface area contributed by atoms with Gasteiger partial charge in [-0.05, 0) is 50.3 Å². The average Bonchev–Trinajstić information content (AvgIpc) is 2.36. The Balaban J connectivity index is 1.88. The number of carbonyl (C=O) groups excluding carboxylic acids is 1. The topological polar surface area (TPSA) is 58.6 Å². The van der Waals surface area contributed by atoms with Crippen LogP contribution in [0.25, 0.3) is 0 Å². The minimum atomic E-state index is -0.401. The number of aliphatic hydroxyl groups excluding tert-OH is 1. The molecular weight excluding hydrogens is 242 g/mol. The molecule has 0 saturated heterocycles. The van der Waals surface area contributed by atoms with Crippen molar-refractivity contribution in [3.8, 4) is 5.75 Å². The standard InChI is InChI=1S/C15H21NO3/c1-11-5-3-6-13(12(11)2)19-9-14(18)16-15(10-17)7-4-8-15/h3,5-6,17H,4,7-10H2,1-2H3,(H,16,18). The predicted octanol–water partition coefficient (Wildman–Crippen LogP) is 1.71. The van der Waals surface area contributed by atoms with Crippen LogP contribution in [0.2, 0.25) is 0 Å². The zero-order valence-corrected chi connectivity index (χ0v) is 11.5. The summed E-state index contributed by atoms with van der Waals surface area (Å²) in [6.45, 7) is 3.98. The Hall–Kier alpha value is -1.55. The SMILES string of the molecule is Cc1cccc(OCC(=O)NC2(CO)CCC2)c1C. The summed E-state index contributed by atoms with van der Waals surface area (Å²) in [5, 5.41) is 12.2. The van der Waals surface area contributed by atoms with Crippen LogP contribution in [-0.4, -0.2) is 29.8 Å². The van der Waals surface area contributed by atoms with Crippen molar-refractivity contribution in [2.24, 2.45) is 0 Å². The molecule has 0 bridgehead atoms. The summed E-state index contributed by atoms with van der Waals surface area (Å²) in [6, 6.07) is 5.79. The summed E-state index contributed by atoms with van der Waals surface area (Å²) in [7, 11) is 0. The van der Waals surface area contributed by atoms with Crippen molar-refractivity contribution in [2.45, 2.75) is 38.6 Å². The first-order chi connectivity index (χ1) is 9.06. The van der Waals surface area contributed by atoms with Gasteiger partial charge in [0.1, 0.15) is 5.75 Å². The van der Waals surface area contributed by atoms with E-state index in [9.17, 15) is 9.90 Å². The molecular formula is C15H21NO3. The molecule has 1 aliphatic rings. The van der Waals surface area contributed by atoms with Crippen LogP contribution in [0.5, 0.6) is 5.75 Å². The number of hydrogen-bond acceptors (Lipinski definition) is 3. The molecule has 4 heteroatoms. The molecule has 0 unspecified atom stereocenters. The molecule has 0 aromatic heterocycles. The van der Waals surface area contributed by atoms with Crippen LogP contribution >= 0.6 is 0 Å². The van der Waals surface area contributed by atoms with Gasteiger partial charge >= 0.3 is 0 Å². The molecule has 19 heavy (non-hydrogen) atoms. The number of ether oxygens (including phenoxy) is 1. The molecule has 0 heterocycles. The van der Waals surface area contributed by atoms with Crippen molar-refractivity contribution in [2.75, 3.05) is 13.2 Å². The molecule has 1 aliphatic carbocycles. The third kappa shape index (κ3) is 3.07. The Morgan fingerprint density at radius 1 is 1.42 bits per heavy atom. The number of benzene rings is 1. The summed E-state index contributed by atoms with van der Waals surface area (Å²) in [6.07, 6.45) is 2.75. The number of nitrogens with one attached hydrogen (secondary N) is 1. The Labute approximate surface area is 113 Å². The molecule has 0 atom stereocenters. The molecule has 1 amide bonds. The quantitative estimate of drug-likeness (QED) is 0.850. The minimum absolute atomic E-state index is 0.00220. The number of aryl methyl sites for hydroxylation is 1. The fraction of sp³-hybridized carbons (Fsp3) is 0.533. The monoisotopic (exact) mass is 263 g/mol. The summed E-state index contributed by atoms with van der Waals surface area (Å²) in [5.74, 6) is 0.566. The van der Waals surface area contributed by atoms with Gasteiger partial charge in [-0.15, -0.1) is 0 Å². The summed E-state index contributed by atoms with van der Waals surface area (Å²) in [5.41, 5.74) is 1.79. The fourth-order valence-electron chi connectivity index (χ4n) is 2.28. The van der Waals surface area contributed by atoms with E-state index in [1.165, 1.54) is 0 Å². The summed E-state index contributed by atoms with van der Waals surface area (Å²) < 4.78 is 5.54. The summed E-state index contributed by atoms with van der Waals surface area (Å²) in [4.78, 5) is 11.8. The molecule has 2 rings (SSSR count). The first-order valence-electron chi connectivity index (χ1n) is 6.67. The zero-order chi connectivity index (χ0) is 13.9. The van der Waals surface area contributed by atoms with Crippen LogP contribution < -0.4 is 10.1 Å². The van der Waals surface area contributed by atoms with Crippen molar-refractivity contribution in [1.29, 1.82) is 0 Å². The van der Waals surface area contributed by atoms with Gasteiger partial charge in [-0.2, -0.15) is 0 Å². The van der Waals surface area contributed by atoms with Crippen LogP contribution in [0.1, 0.15) is 30.4 Å². The maximum atomic E-state index is 11.8. The Bertz CT molecular complexity index is 461. The highest BCUT2D eigenvalue weighted by molar-refractivity contribution is 5.78. The second kappa shape index (κ2) is 5.61. The highest BCUT2D eigenvalue weighted by Crippen LogP contribution is 2.31. The number of hydrogen-bond donors (Lipinski definition) is 2. The molecule has 1 saturated carbocycles. The highest BCUT2D eigenvalue weighted by atomic mass is 16.5. The molecule has 1 fully saturated rings. The van der Waals surface area contributed by atoms with Gasteiger partial charge in [-0.3, -0.25) is 4.79 Å². The molecule has 4 nitrogen and oxygen atoms in total. The van der Waals surface area contributed by atoms with Gasteiger partial charge in [0.25, 0.3) is 5.91 Å². The van der Waals surface area contributed by atoms with E-state index in [-0.39, 0.29) is 19.1 Å².